The molecular formula is C25H33N3O3. The first kappa shape index (κ1) is 20.8. The second-order valence-electron chi connectivity index (χ2n) is 9.36. The molecule has 166 valence electrons. The third kappa shape index (κ3) is 4.20. The minimum absolute atomic E-state index is 0.347. The van der Waals surface area contributed by atoms with Gasteiger partial charge in [-0.1, -0.05) is 19.9 Å². The summed E-state index contributed by atoms with van der Waals surface area (Å²) in [6, 6.07) is 4.39. The molecule has 6 heteroatoms. The van der Waals surface area contributed by atoms with E-state index < -0.39 is 0 Å². The molecule has 0 aromatic carbocycles. The number of nitrogens with zero attached hydrogens (tertiary/aromatic N) is 3. The largest absolute Gasteiger partial charge is 0.477 e. The molecular weight excluding hydrogens is 390 g/mol. The zero-order valence-electron chi connectivity index (χ0n) is 18.8. The van der Waals surface area contributed by atoms with Crippen molar-refractivity contribution in [3.63, 3.8) is 0 Å². The Morgan fingerprint density at radius 1 is 1.10 bits per heavy atom. The molecule has 3 unspecified atom stereocenters. The molecule has 3 fully saturated rings. The predicted octanol–water partition coefficient (Wildman–Crippen LogP) is 4.57. The van der Waals surface area contributed by atoms with Crippen molar-refractivity contribution < 1.29 is 14.2 Å². The van der Waals surface area contributed by atoms with Gasteiger partial charge in [0.1, 0.15) is 5.82 Å². The van der Waals surface area contributed by atoms with E-state index in [-0.39, 0.29) is 5.79 Å². The maximum Gasteiger partial charge on any atom is 0.220 e. The highest BCUT2D eigenvalue weighted by atomic mass is 16.7. The fourth-order valence-corrected chi connectivity index (χ4v) is 5.32. The van der Waals surface area contributed by atoms with Gasteiger partial charge in [0, 0.05) is 48.3 Å². The van der Waals surface area contributed by atoms with Gasteiger partial charge in [-0.2, -0.15) is 4.98 Å². The van der Waals surface area contributed by atoms with Gasteiger partial charge >= 0.3 is 0 Å². The van der Waals surface area contributed by atoms with E-state index in [9.17, 15) is 0 Å². The number of aryl methyl sites for hydroxylation is 2. The number of hydrogen-bond donors (Lipinski definition) is 0. The summed E-state index contributed by atoms with van der Waals surface area (Å²) >= 11 is 0. The molecule has 1 saturated heterocycles. The smallest absolute Gasteiger partial charge is 0.220 e. The maximum absolute atomic E-state index is 6.34. The van der Waals surface area contributed by atoms with Gasteiger partial charge < -0.3 is 14.2 Å². The lowest BCUT2D eigenvalue weighted by atomic mass is 9.81. The van der Waals surface area contributed by atoms with Crippen LogP contribution in [0.2, 0.25) is 0 Å². The number of ether oxygens (including phenoxy) is 3. The van der Waals surface area contributed by atoms with Crippen LogP contribution in [0, 0.1) is 18.8 Å². The molecule has 2 aromatic heterocycles. The molecule has 0 bridgehead atoms. The summed E-state index contributed by atoms with van der Waals surface area (Å²) in [4.78, 5) is 13.9. The van der Waals surface area contributed by atoms with E-state index in [0.717, 1.165) is 49.4 Å². The molecule has 2 aromatic rings. The molecule has 0 N–H and O–H groups in total. The van der Waals surface area contributed by atoms with E-state index >= 15 is 0 Å². The minimum atomic E-state index is -0.347. The summed E-state index contributed by atoms with van der Waals surface area (Å²) in [7, 11) is 0. The molecule has 3 aliphatic rings. The highest BCUT2D eigenvalue weighted by Crippen LogP contribution is 2.53. The molecule has 2 aliphatic carbocycles. The number of rotatable bonds is 6. The van der Waals surface area contributed by atoms with Crippen molar-refractivity contribution in [2.45, 2.75) is 70.5 Å². The van der Waals surface area contributed by atoms with Crippen LogP contribution in [0.3, 0.4) is 0 Å². The van der Waals surface area contributed by atoms with Gasteiger partial charge in [-0.25, -0.2) is 4.98 Å². The van der Waals surface area contributed by atoms with Crippen molar-refractivity contribution in [3.8, 4) is 5.88 Å². The summed E-state index contributed by atoms with van der Waals surface area (Å²) in [5.74, 6) is 3.10. The average molecular weight is 424 g/mol. The summed E-state index contributed by atoms with van der Waals surface area (Å²) < 4.78 is 18.1. The zero-order valence-corrected chi connectivity index (χ0v) is 18.8. The Hall–Kier alpha value is -2.05. The lowest BCUT2D eigenvalue weighted by Crippen LogP contribution is -2.34. The topological polar surface area (TPSA) is 66.4 Å². The lowest BCUT2D eigenvalue weighted by Gasteiger charge is -2.35. The van der Waals surface area contributed by atoms with E-state index in [1.54, 1.807) is 0 Å². The molecule has 0 amide bonds. The van der Waals surface area contributed by atoms with Gasteiger partial charge in [0.15, 0.2) is 5.79 Å². The molecule has 1 aliphatic heterocycles. The average Bonchev–Trinajstić information content (AvgIpc) is 3.21. The van der Waals surface area contributed by atoms with Crippen LogP contribution >= 0.6 is 0 Å². The molecule has 5 rings (SSSR count). The minimum Gasteiger partial charge on any atom is -0.477 e. The van der Waals surface area contributed by atoms with Crippen molar-refractivity contribution in [1.82, 2.24) is 15.0 Å². The van der Waals surface area contributed by atoms with Crippen molar-refractivity contribution >= 4 is 0 Å². The second-order valence-corrected chi connectivity index (χ2v) is 9.36. The Kier molecular flexibility index (Phi) is 5.69. The highest BCUT2D eigenvalue weighted by molar-refractivity contribution is 5.29. The Morgan fingerprint density at radius 3 is 2.55 bits per heavy atom. The van der Waals surface area contributed by atoms with Crippen LogP contribution in [0.1, 0.15) is 74.0 Å². The third-order valence-corrected chi connectivity index (χ3v) is 7.47. The lowest BCUT2D eigenvalue weighted by molar-refractivity contribution is -0.178. The van der Waals surface area contributed by atoms with Crippen LogP contribution in [-0.2, 0) is 15.9 Å². The van der Waals surface area contributed by atoms with Crippen molar-refractivity contribution in [3.05, 3.63) is 47.2 Å². The zero-order chi connectivity index (χ0) is 21.4. The molecule has 3 heterocycles. The highest BCUT2D eigenvalue weighted by Gasteiger charge is 2.49. The summed E-state index contributed by atoms with van der Waals surface area (Å²) in [6.07, 6.45) is 8.87. The molecule has 0 radical (unpaired) electrons. The van der Waals surface area contributed by atoms with E-state index in [1.165, 1.54) is 11.3 Å². The first-order valence-electron chi connectivity index (χ1n) is 11.8. The second kappa shape index (κ2) is 8.47. The SMILES string of the molecule is CCc1ccc(C2C(C)C2COc2nc(C)ncc2C2CCC3(CC2)OCCO3)nc1. The Balaban J connectivity index is 1.24. The van der Waals surface area contributed by atoms with Gasteiger partial charge in [-0.15, -0.1) is 0 Å². The fourth-order valence-electron chi connectivity index (χ4n) is 5.32. The molecule has 2 saturated carbocycles. The van der Waals surface area contributed by atoms with Crippen LogP contribution in [0.4, 0.5) is 0 Å². The quantitative estimate of drug-likeness (QED) is 0.678. The van der Waals surface area contributed by atoms with Gasteiger partial charge in [0.05, 0.1) is 19.8 Å². The predicted molar refractivity (Wildman–Crippen MR) is 117 cm³/mol. The Labute approximate surface area is 184 Å². The van der Waals surface area contributed by atoms with Crippen LogP contribution < -0.4 is 4.74 Å². The normalized spacial score (nSPS) is 27.5. The van der Waals surface area contributed by atoms with E-state index in [4.69, 9.17) is 19.2 Å². The molecule has 6 nitrogen and oxygen atoms in total. The maximum atomic E-state index is 6.34. The molecule has 1 spiro atoms. The first-order chi connectivity index (χ1) is 15.1. The summed E-state index contributed by atoms with van der Waals surface area (Å²) in [5.41, 5.74) is 3.61. The van der Waals surface area contributed by atoms with Crippen LogP contribution in [0.15, 0.2) is 24.5 Å². The van der Waals surface area contributed by atoms with Gasteiger partial charge in [-0.05, 0) is 49.7 Å². The summed E-state index contributed by atoms with van der Waals surface area (Å²) in [6.45, 7) is 8.48. The van der Waals surface area contributed by atoms with Crippen LogP contribution in [0.25, 0.3) is 0 Å². The monoisotopic (exact) mass is 423 g/mol. The van der Waals surface area contributed by atoms with Crippen LogP contribution in [-0.4, -0.2) is 40.6 Å². The molecule has 31 heavy (non-hydrogen) atoms. The third-order valence-electron chi connectivity index (χ3n) is 7.47. The van der Waals surface area contributed by atoms with E-state index in [2.05, 4.69) is 35.9 Å². The van der Waals surface area contributed by atoms with Crippen molar-refractivity contribution in [2.75, 3.05) is 19.8 Å². The Bertz CT molecular complexity index is 901. The Morgan fingerprint density at radius 2 is 1.87 bits per heavy atom. The van der Waals surface area contributed by atoms with E-state index in [1.807, 2.05) is 19.3 Å². The van der Waals surface area contributed by atoms with E-state index in [0.29, 0.717) is 43.5 Å². The first-order valence-corrected chi connectivity index (χ1v) is 11.8. The van der Waals surface area contributed by atoms with Crippen LogP contribution in [0.5, 0.6) is 5.88 Å². The standard InChI is InChI=1S/C25H33N3O3/c1-4-18-5-6-22(27-13-18)23-16(2)21(23)15-29-24-20(14-26-17(3)28-24)19-7-9-25(10-8-19)30-11-12-31-25/h5-6,13-14,16,19,21,23H,4,7-12,15H2,1-3H3. The number of pyridine rings is 1. The molecule has 3 atom stereocenters. The number of aromatic nitrogens is 3. The van der Waals surface area contributed by atoms with Crippen molar-refractivity contribution in [2.24, 2.45) is 11.8 Å². The fraction of sp³-hybridized carbons (Fsp3) is 0.640. The van der Waals surface area contributed by atoms with Crippen molar-refractivity contribution in [1.29, 1.82) is 0 Å². The van der Waals surface area contributed by atoms with Gasteiger partial charge in [0.2, 0.25) is 5.88 Å². The summed E-state index contributed by atoms with van der Waals surface area (Å²) in [5, 5.41) is 0. The number of hydrogen-bond acceptors (Lipinski definition) is 6. The van der Waals surface area contributed by atoms with Gasteiger partial charge in [-0.3, -0.25) is 4.98 Å². The van der Waals surface area contributed by atoms with Gasteiger partial charge in [0.25, 0.3) is 0 Å².